The van der Waals surface area contributed by atoms with Crippen LogP contribution in [-0.2, 0) is 35.1 Å². The highest BCUT2D eigenvalue weighted by molar-refractivity contribution is 6.32. The van der Waals surface area contributed by atoms with E-state index in [1.165, 1.54) is 19.3 Å². The van der Waals surface area contributed by atoms with Gasteiger partial charge >= 0.3 is 11.9 Å². The molecule has 0 saturated heterocycles. The average Bonchev–Trinajstić information content (AvgIpc) is 3.04. The van der Waals surface area contributed by atoms with Gasteiger partial charge in [0.05, 0.1) is 29.0 Å². The number of carbonyl (C=O) groups is 4. The molecule has 0 saturated carbocycles. The summed E-state index contributed by atoms with van der Waals surface area (Å²) in [5.74, 6) is -2.87. The molecule has 1 aliphatic heterocycles. The van der Waals surface area contributed by atoms with E-state index in [9.17, 15) is 24.3 Å². The summed E-state index contributed by atoms with van der Waals surface area (Å²) < 4.78 is 16.9. The van der Waals surface area contributed by atoms with Crippen molar-refractivity contribution in [2.24, 2.45) is 17.3 Å². The van der Waals surface area contributed by atoms with E-state index in [2.05, 4.69) is 10.6 Å². The molecule has 0 aliphatic carbocycles. The Morgan fingerprint density at radius 1 is 1.04 bits per heavy atom. The van der Waals surface area contributed by atoms with Gasteiger partial charge in [-0.3, -0.25) is 14.4 Å². The van der Waals surface area contributed by atoms with Crippen LogP contribution in [-0.4, -0.2) is 66.9 Å². The van der Waals surface area contributed by atoms with Crippen LogP contribution in [0.15, 0.2) is 60.7 Å². The van der Waals surface area contributed by atoms with Crippen LogP contribution in [0, 0.1) is 17.3 Å². The number of ether oxygens (including phenoxy) is 3. The molecular formula is C36H46Cl2N2O8. The van der Waals surface area contributed by atoms with Crippen molar-refractivity contribution in [3.05, 3.63) is 76.8 Å². The molecule has 3 N–H and O–H groups in total. The van der Waals surface area contributed by atoms with Crippen molar-refractivity contribution in [3.63, 3.8) is 0 Å². The molecule has 1 aliphatic rings. The van der Waals surface area contributed by atoms with Crippen molar-refractivity contribution in [3.8, 4) is 5.75 Å². The van der Waals surface area contributed by atoms with Gasteiger partial charge in [0.15, 0.2) is 6.10 Å². The minimum atomic E-state index is -1.25. The number of aliphatic hydroxyl groups excluding tert-OH is 1. The van der Waals surface area contributed by atoms with E-state index >= 15 is 0 Å². The molecule has 0 fully saturated rings. The second-order valence-corrected chi connectivity index (χ2v) is 14.0. The third-order valence-electron chi connectivity index (χ3n) is 8.19. The first-order chi connectivity index (χ1) is 22.6. The number of methoxy groups -OCH3 is 1. The monoisotopic (exact) mass is 704 g/mol. The summed E-state index contributed by atoms with van der Waals surface area (Å²) >= 11 is 13.0. The Morgan fingerprint density at radius 3 is 2.35 bits per heavy atom. The van der Waals surface area contributed by atoms with Crippen molar-refractivity contribution >= 4 is 47.0 Å². The van der Waals surface area contributed by atoms with Crippen LogP contribution >= 0.6 is 23.2 Å². The lowest BCUT2D eigenvalue weighted by Gasteiger charge is -2.32. The van der Waals surface area contributed by atoms with Crippen LogP contribution in [0.3, 0.4) is 0 Å². The number of hydrogen-bond donors (Lipinski definition) is 3. The fourth-order valence-electron chi connectivity index (χ4n) is 5.14. The SMILES string of the molecule is COc1ccc(CC2NC(=O)/C=C/C[C@@H]([C@H](C)[C@@H](O)[C@@H](Cl)c3ccccc3)OC(=O)[C@H](CC(C)C)OC(=O)C(C)(C)CNC2=O)cc1Cl. The van der Waals surface area contributed by atoms with Gasteiger partial charge in [-0.25, -0.2) is 4.79 Å². The summed E-state index contributed by atoms with van der Waals surface area (Å²) in [4.78, 5) is 53.6. The van der Waals surface area contributed by atoms with E-state index in [4.69, 9.17) is 37.4 Å². The number of esters is 2. The zero-order chi connectivity index (χ0) is 35.6. The molecule has 0 bridgehead atoms. The number of amides is 2. The zero-order valence-electron chi connectivity index (χ0n) is 28.2. The van der Waals surface area contributed by atoms with E-state index in [0.717, 1.165) is 0 Å². The van der Waals surface area contributed by atoms with E-state index in [1.807, 2.05) is 19.9 Å². The van der Waals surface area contributed by atoms with Crippen LogP contribution < -0.4 is 15.4 Å². The molecule has 2 aromatic carbocycles. The van der Waals surface area contributed by atoms with Gasteiger partial charge in [0.25, 0.3) is 0 Å². The summed E-state index contributed by atoms with van der Waals surface area (Å²) in [6.07, 6.45) is -0.287. The van der Waals surface area contributed by atoms with Gasteiger partial charge in [0.2, 0.25) is 11.8 Å². The molecule has 0 radical (unpaired) electrons. The molecule has 10 nitrogen and oxygen atoms in total. The molecule has 2 amide bonds. The number of aliphatic hydroxyl groups is 1. The maximum atomic E-state index is 13.6. The third kappa shape index (κ3) is 11.0. The number of rotatable bonds is 9. The lowest BCUT2D eigenvalue weighted by molar-refractivity contribution is -0.180. The number of nitrogens with one attached hydrogen (secondary N) is 2. The smallest absolute Gasteiger partial charge is 0.347 e. The summed E-state index contributed by atoms with van der Waals surface area (Å²) in [7, 11) is 1.49. The molecular weight excluding hydrogens is 659 g/mol. The Hall–Kier alpha value is -3.60. The Morgan fingerprint density at radius 2 is 1.73 bits per heavy atom. The van der Waals surface area contributed by atoms with Gasteiger partial charge in [0.1, 0.15) is 17.9 Å². The molecule has 0 spiro atoms. The minimum absolute atomic E-state index is 0.0224. The number of alkyl halides is 1. The molecule has 3 rings (SSSR count). The van der Waals surface area contributed by atoms with Crippen molar-refractivity contribution < 1.29 is 38.5 Å². The first-order valence-electron chi connectivity index (χ1n) is 16.0. The Kier molecular flexibility index (Phi) is 14.3. The van der Waals surface area contributed by atoms with Crippen molar-refractivity contribution in [1.29, 1.82) is 0 Å². The van der Waals surface area contributed by atoms with E-state index in [1.54, 1.807) is 63.2 Å². The predicted molar refractivity (Wildman–Crippen MR) is 184 cm³/mol. The van der Waals surface area contributed by atoms with Gasteiger partial charge < -0.3 is 30.0 Å². The van der Waals surface area contributed by atoms with Gasteiger partial charge in [-0.05, 0) is 55.5 Å². The lowest BCUT2D eigenvalue weighted by atomic mass is 9.90. The van der Waals surface area contributed by atoms with Crippen molar-refractivity contribution in [1.82, 2.24) is 10.6 Å². The fraction of sp³-hybridized carbons (Fsp3) is 0.500. The Bertz CT molecular complexity index is 1450. The topological polar surface area (TPSA) is 140 Å². The van der Waals surface area contributed by atoms with E-state index < -0.39 is 64.8 Å². The molecule has 2 aromatic rings. The second-order valence-electron chi connectivity index (χ2n) is 13.1. The Labute approximate surface area is 292 Å². The number of cyclic esters (lactones) is 2. The van der Waals surface area contributed by atoms with Crippen LogP contribution in [0.1, 0.15) is 64.0 Å². The van der Waals surface area contributed by atoms with E-state index in [-0.39, 0.29) is 31.7 Å². The molecule has 6 atom stereocenters. The summed E-state index contributed by atoms with van der Waals surface area (Å²) in [6, 6.07) is 13.0. The number of halogens is 2. The molecule has 262 valence electrons. The molecule has 1 heterocycles. The maximum absolute atomic E-state index is 13.6. The quantitative estimate of drug-likeness (QED) is 0.235. The second kappa shape index (κ2) is 17.7. The highest BCUT2D eigenvalue weighted by atomic mass is 35.5. The Balaban J connectivity index is 1.96. The van der Waals surface area contributed by atoms with E-state index in [0.29, 0.717) is 21.9 Å². The molecule has 1 unspecified atom stereocenters. The maximum Gasteiger partial charge on any atom is 0.347 e. The zero-order valence-corrected chi connectivity index (χ0v) is 29.7. The number of benzene rings is 2. The number of carbonyl (C=O) groups excluding carboxylic acids is 4. The minimum Gasteiger partial charge on any atom is -0.495 e. The normalized spacial score (nSPS) is 23.6. The standard InChI is InChI=1S/C36H46Cl2N2O8/c1-21(2)17-29-34(44)47-27(22(3)32(42)31(38)24-11-8-7-9-12-24)13-10-14-30(41)40-26(19-23-15-16-28(46-6)25(37)18-23)33(43)39-20-36(4,5)35(45)48-29/h7-12,14-16,18,21-22,26-27,29,31-32,42H,13,17,19-20H2,1-6H3,(H,39,43)(H,40,41)/b14-10+/t22-,26?,27-,29-,31-,32+/m0/s1. The predicted octanol–water partition coefficient (Wildman–Crippen LogP) is 5.33. The first-order valence-corrected chi connectivity index (χ1v) is 16.8. The largest absolute Gasteiger partial charge is 0.495 e. The number of hydrogen-bond acceptors (Lipinski definition) is 8. The van der Waals surface area contributed by atoms with Crippen LogP contribution in [0.4, 0.5) is 0 Å². The van der Waals surface area contributed by atoms with Crippen molar-refractivity contribution in [2.75, 3.05) is 13.7 Å². The van der Waals surface area contributed by atoms with Gasteiger partial charge in [-0.15, -0.1) is 11.6 Å². The summed E-state index contributed by atoms with van der Waals surface area (Å²) in [5, 5.41) is 16.3. The summed E-state index contributed by atoms with van der Waals surface area (Å²) in [6.45, 7) is 8.49. The average molecular weight is 706 g/mol. The summed E-state index contributed by atoms with van der Waals surface area (Å²) in [5.41, 5.74) is 0.104. The van der Waals surface area contributed by atoms with Crippen LogP contribution in [0.25, 0.3) is 0 Å². The van der Waals surface area contributed by atoms with Gasteiger partial charge in [-0.1, -0.05) is 74.8 Å². The first kappa shape index (κ1) is 38.8. The van der Waals surface area contributed by atoms with Crippen molar-refractivity contribution in [2.45, 2.75) is 83.6 Å². The molecule has 48 heavy (non-hydrogen) atoms. The highest BCUT2D eigenvalue weighted by Gasteiger charge is 2.38. The van der Waals surface area contributed by atoms with Gasteiger partial charge in [-0.2, -0.15) is 0 Å². The highest BCUT2D eigenvalue weighted by Crippen LogP contribution is 2.32. The van der Waals surface area contributed by atoms with Crippen LogP contribution in [0.2, 0.25) is 5.02 Å². The third-order valence-corrected chi connectivity index (χ3v) is 9.00. The van der Waals surface area contributed by atoms with Gasteiger partial charge in [0, 0.05) is 25.3 Å². The molecule has 12 heteroatoms. The molecule has 0 aromatic heterocycles. The van der Waals surface area contributed by atoms with Crippen LogP contribution in [0.5, 0.6) is 5.75 Å². The fourth-order valence-corrected chi connectivity index (χ4v) is 5.79. The lowest BCUT2D eigenvalue weighted by Crippen LogP contribution is -2.51.